The first-order chi connectivity index (χ1) is 14.2. The van der Waals surface area contributed by atoms with Gasteiger partial charge in [0.2, 0.25) is 0 Å². The zero-order valence-corrected chi connectivity index (χ0v) is 17.1. The summed E-state index contributed by atoms with van der Waals surface area (Å²) in [6.07, 6.45) is 8.04. The molecule has 0 unspecified atom stereocenters. The number of nitrogens with zero attached hydrogens (tertiary/aromatic N) is 1. The van der Waals surface area contributed by atoms with E-state index in [4.69, 9.17) is 0 Å². The zero-order valence-electron chi connectivity index (χ0n) is 17.1. The molecule has 4 nitrogen and oxygen atoms in total. The van der Waals surface area contributed by atoms with Crippen LogP contribution >= 0.6 is 0 Å². The molecule has 29 heavy (non-hydrogen) atoms. The summed E-state index contributed by atoms with van der Waals surface area (Å²) in [6, 6.07) is 18.2. The lowest BCUT2D eigenvalue weighted by molar-refractivity contribution is -0.125. The Balaban J connectivity index is 1.94. The Hall–Kier alpha value is -2.88. The molecule has 0 bridgehead atoms. The molecular weight excluding hydrogens is 360 g/mol. The number of benzene rings is 2. The van der Waals surface area contributed by atoms with Crippen LogP contribution in [-0.4, -0.2) is 23.3 Å². The van der Waals surface area contributed by atoms with Crippen LogP contribution in [0.15, 0.2) is 72.4 Å². The van der Waals surface area contributed by atoms with E-state index >= 15 is 0 Å². The van der Waals surface area contributed by atoms with Crippen LogP contribution in [-0.2, 0) is 4.79 Å². The van der Waals surface area contributed by atoms with Crippen LogP contribution in [0.25, 0.3) is 0 Å². The molecule has 152 valence electrons. The summed E-state index contributed by atoms with van der Waals surface area (Å²) >= 11 is 0. The summed E-state index contributed by atoms with van der Waals surface area (Å²) in [5, 5.41) is 3.11. The molecule has 3 rings (SSSR count). The van der Waals surface area contributed by atoms with Crippen LogP contribution in [0, 0.1) is 0 Å². The fourth-order valence-corrected chi connectivity index (χ4v) is 3.71. The second kappa shape index (κ2) is 10.6. The number of allylic oxidation sites excluding steroid dienone is 2. The van der Waals surface area contributed by atoms with E-state index in [0.29, 0.717) is 12.1 Å². The Morgan fingerprint density at radius 1 is 1.00 bits per heavy atom. The Labute approximate surface area is 173 Å². The van der Waals surface area contributed by atoms with Crippen molar-refractivity contribution in [2.75, 3.05) is 6.54 Å². The first-order valence-electron chi connectivity index (χ1n) is 10.6. The van der Waals surface area contributed by atoms with E-state index in [2.05, 4.69) is 18.3 Å². The van der Waals surface area contributed by atoms with E-state index in [1.165, 1.54) is 0 Å². The highest BCUT2D eigenvalue weighted by atomic mass is 16.2. The monoisotopic (exact) mass is 390 g/mol. The minimum atomic E-state index is -0.654. The van der Waals surface area contributed by atoms with Gasteiger partial charge in [0.1, 0.15) is 6.04 Å². The molecule has 1 aliphatic rings. The second-order valence-corrected chi connectivity index (χ2v) is 7.50. The summed E-state index contributed by atoms with van der Waals surface area (Å²) in [5.74, 6) is -0.245. The van der Waals surface area contributed by atoms with Crippen LogP contribution < -0.4 is 5.32 Å². The summed E-state index contributed by atoms with van der Waals surface area (Å²) in [6.45, 7) is 2.63. The number of hydrogen-bond donors (Lipinski definition) is 1. The molecule has 0 fully saturated rings. The Kier molecular flexibility index (Phi) is 7.62. The van der Waals surface area contributed by atoms with Gasteiger partial charge in [-0.15, -0.1) is 0 Å². The van der Waals surface area contributed by atoms with Crippen molar-refractivity contribution in [2.45, 2.75) is 51.5 Å². The van der Waals surface area contributed by atoms with Crippen molar-refractivity contribution < 1.29 is 9.59 Å². The molecule has 1 aliphatic carbocycles. The number of amides is 2. The van der Waals surface area contributed by atoms with E-state index in [1.54, 1.807) is 4.90 Å². The number of nitrogens with one attached hydrogen (secondary N) is 1. The number of carbonyl (C=O) groups is 2. The number of unbranched alkanes of at least 4 members (excludes halogenated alkanes) is 1. The summed E-state index contributed by atoms with van der Waals surface area (Å²) < 4.78 is 0. The largest absolute Gasteiger partial charge is 0.328 e. The number of rotatable bonds is 8. The highest BCUT2D eigenvalue weighted by Crippen LogP contribution is 2.25. The van der Waals surface area contributed by atoms with Gasteiger partial charge in [0, 0.05) is 17.8 Å². The Bertz CT molecular complexity index is 830. The predicted octanol–water partition coefficient (Wildman–Crippen LogP) is 5.24. The third-order valence-corrected chi connectivity index (χ3v) is 5.28. The van der Waals surface area contributed by atoms with Crippen LogP contribution in [0.3, 0.4) is 0 Å². The lowest BCUT2D eigenvalue weighted by Crippen LogP contribution is -2.44. The molecule has 2 amide bonds. The normalized spacial score (nSPS) is 14.6. The van der Waals surface area contributed by atoms with E-state index in [1.807, 2.05) is 60.7 Å². The fourth-order valence-electron chi connectivity index (χ4n) is 3.71. The van der Waals surface area contributed by atoms with Crippen molar-refractivity contribution in [3.8, 4) is 0 Å². The van der Waals surface area contributed by atoms with Crippen LogP contribution in [0.2, 0.25) is 0 Å². The maximum atomic E-state index is 13.4. The van der Waals surface area contributed by atoms with Crippen molar-refractivity contribution >= 4 is 11.8 Å². The van der Waals surface area contributed by atoms with E-state index in [0.717, 1.165) is 49.8 Å². The van der Waals surface area contributed by atoms with Gasteiger partial charge in [-0.3, -0.25) is 9.59 Å². The van der Waals surface area contributed by atoms with E-state index < -0.39 is 6.04 Å². The summed E-state index contributed by atoms with van der Waals surface area (Å²) in [5.41, 5.74) is 2.42. The summed E-state index contributed by atoms with van der Waals surface area (Å²) in [7, 11) is 0. The Morgan fingerprint density at radius 2 is 1.69 bits per heavy atom. The Morgan fingerprint density at radius 3 is 2.31 bits per heavy atom. The molecule has 0 radical (unpaired) electrons. The molecular formula is C25H30N2O2. The van der Waals surface area contributed by atoms with Gasteiger partial charge in [-0.05, 0) is 49.8 Å². The van der Waals surface area contributed by atoms with Crippen LogP contribution in [0.4, 0.5) is 0 Å². The highest BCUT2D eigenvalue weighted by molar-refractivity contribution is 5.98. The molecule has 0 saturated heterocycles. The molecule has 0 aliphatic heterocycles. The first-order valence-corrected chi connectivity index (χ1v) is 10.6. The lowest BCUT2D eigenvalue weighted by atomic mass is 10.0. The molecule has 1 atom stereocenters. The standard InChI is InChI=1S/C25H30N2O2/c1-2-3-19-27(25(29)21-15-9-5-10-16-21)23(20-13-7-4-8-14-20)24(28)26-22-17-11-6-12-18-22/h4-5,7-10,13-17,23H,2-3,6,11-12,18-19H2,1H3,(H,26,28)/t23-/m0/s1. The fraction of sp³-hybridized carbons (Fsp3) is 0.360. The van der Waals surface area contributed by atoms with E-state index in [-0.39, 0.29) is 11.8 Å². The molecule has 0 heterocycles. The average Bonchev–Trinajstić information content (AvgIpc) is 2.78. The minimum Gasteiger partial charge on any atom is -0.328 e. The van der Waals surface area contributed by atoms with Gasteiger partial charge in [-0.1, -0.05) is 68.0 Å². The maximum Gasteiger partial charge on any atom is 0.254 e. The van der Waals surface area contributed by atoms with Crippen molar-refractivity contribution in [1.82, 2.24) is 10.2 Å². The van der Waals surface area contributed by atoms with Crippen molar-refractivity contribution in [2.24, 2.45) is 0 Å². The molecule has 4 heteroatoms. The third kappa shape index (κ3) is 5.57. The smallest absolute Gasteiger partial charge is 0.254 e. The third-order valence-electron chi connectivity index (χ3n) is 5.28. The molecule has 0 saturated carbocycles. The highest BCUT2D eigenvalue weighted by Gasteiger charge is 2.32. The predicted molar refractivity (Wildman–Crippen MR) is 116 cm³/mol. The lowest BCUT2D eigenvalue weighted by Gasteiger charge is -2.32. The van der Waals surface area contributed by atoms with Crippen molar-refractivity contribution in [1.29, 1.82) is 0 Å². The second-order valence-electron chi connectivity index (χ2n) is 7.50. The van der Waals surface area contributed by atoms with Crippen molar-refractivity contribution in [3.63, 3.8) is 0 Å². The summed E-state index contributed by atoms with van der Waals surface area (Å²) in [4.78, 5) is 28.5. The maximum absolute atomic E-state index is 13.4. The average molecular weight is 391 g/mol. The van der Waals surface area contributed by atoms with Crippen LogP contribution in [0.1, 0.15) is 67.4 Å². The SMILES string of the molecule is CCCCN(C(=O)c1ccccc1)[C@H](C(=O)NC1=CCCCC1)c1ccccc1. The molecule has 0 spiro atoms. The van der Waals surface area contributed by atoms with Gasteiger partial charge in [-0.25, -0.2) is 0 Å². The van der Waals surface area contributed by atoms with Gasteiger partial charge in [-0.2, -0.15) is 0 Å². The van der Waals surface area contributed by atoms with Gasteiger partial charge >= 0.3 is 0 Å². The van der Waals surface area contributed by atoms with Gasteiger partial charge < -0.3 is 10.2 Å². The first kappa shape index (κ1) is 20.8. The van der Waals surface area contributed by atoms with Crippen LogP contribution in [0.5, 0.6) is 0 Å². The van der Waals surface area contributed by atoms with E-state index in [9.17, 15) is 9.59 Å². The quantitative estimate of drug-likeness (QED) is 0.670. The van der Waals surface area contributed by atoms with Gasteiger partial charge in [0.15, 0.2) is 0 Å². The molecule has 2 aromatic carbocycles. The molecule has 2 aromatic rings. The minimum absolute atomic E-state index is 0.110. The number of carbonyl (C=O) groups excluding carboxylic acids is 2. The number of hydrogen-bond acceptors (Lipinski definition) is 2. The molecule has 1 N–H and O–H groups in total. The molecule has 0 aromatic heterocycles. The van der Waals surface area contributed by atoms with Gasteiger partial charge in [0.05, 0.1) is 0 Å². The van der Waals surface area contributed by atoms with Crippen molar-refractivity contribution in [3.05, 3.63) is 83.6 Å². The van der Waals surface area contributed by atoms with Gasteiger partial charge in [0.25, 0.3) is 11.8 Å². The topological polar surface area (TPSA) is 49.4 Å². The zero-order chi connectivity index (χ0) is 20.5.